The number of benzene rings is 1. The quantitative estimate of drug-likeness (QED) is 0.895. The lowest BCUT2D eigenvalue weighted by Crippen LogP contribution is -2.54. The van der Waals surface area contributed by atoms with Gasteiger partial charge in [0.25, 0.3) is 0 Å². The predicted molar refractivity (Wildman–Crippen MR) is 91.8 cm³/mol. The largest absolute Gasteiger partial charge is 0.378 e. The smallest absolute Gasteiger partial charge is 0.249 e. The second kappa shape index (κ2) is 7.77. The van der Waals surface area contributed by atoms with E-state index in [1.54, 1.807) is 16.8 Å². The maximum absolute atomic E-state index is 12.9. The number of hydrogen-bond acceptors (Lipinski definition) is 4. The van der Waals surface area contributed by atoms with Crippen LogP contribution in [0.3, 0.4) is 0 Å². The van der Waals surface area contributed by atoms with Crippen molar-refractivity contribution in [3.05, 3.63) is 30.3 Å². The van der Waals surface area contributed by atoms with Crippen LogP contribution in [0.1, 0.15) is 19.3 Å². The van der Waals surface area contributed by atoms with Gasteiger partial charge in [0.1, 0.15) is 6.04 Å². The van der Waals surface area contributed by atoms with Crippen molar-refractivity contribution < 1.29 is 14.3 Å². The molecule has 0 aromatic heterocycles. The van der Waals surface area contributed by atoms with E-state index < -0.39 is 0 Å². The van der Waals surface area contributed by atoms with E-state index in [0.29, 0.717) is 26.2 Å². The van der Waals surface area contributed by atoms with E-state index in [0.717, 1.165) is 25.1 Å². The summed E-state index contributed by atoms with van der Waals surface area (Å²) in [5.41, 5.74) is 0.899. The summed E-state index contributed by atoms with van der Waals surface area (Å²) >= 11 is 0. The number of ether oxygens (including phenoxy) is 1. The highest BCUT2D eigenvalue weighted by atomic mass is 16.5. The number of nitrogens with zero attached hydrogens (tertiary/aromatic N) is 2. The van der Waals surface area contributed by atoms with Gasteiger partial charge in [0, 0.05) is 38.3 Å². The van der Waals surface area contributed by atoms with E-state index in [1.807, 2.05) is 30.3 Å². The Morgan fingerprint density at radius 3 is 2.88 bits per heavy atom. The van der Waals surface area contributed by atoms with Gasteiger partial charge in [0.15, 0.2) is 0 Å². The normalized spacial score (nSPS) is 24.7. The highest BCUT2D eigenvalue weighted by Gasteiger charge is 2.35. The van der Waals surface area contributed by atoms with Crippen LogP contribution < -0.4 is 10.2 Å². The van der Waals surface area contributed by atoms with E-state index in [9.17, 15) is 9.59 Å². The monoisotopic (exact) mass is 331 g/mol. The van der Waals surface area contributed by atoms with Crippen LogP contribution >= 0.6 is 0 Å². The summed E-state index contributed by atoms with van der Waals surface area (Å²) in [4.78, 5) is 28.8. The average Bonchev–Trinajstić information content (AvgIpc) is 2.63. The number of rotatable bonds is 4. The van der Waals surface area contributed by atoms with Gasteiger partial charge in [-0.25, -0.2) is 0 Å². The minimum Gasteiger partial charge on any atom is -0.378 e. The Bertz CT molecular complexity index is 572. The second-order valence-electron chi connectivity index (χ2n) is 6.42. The molecule has 1 aromatic carbocycles. The molecular weight excluding hydrogens is 306 g/mol. The SMILES string of the molecule is CN(C(=O)CC1COCCN1)C1CCCN(c2ccccc2)C1=O. The molecule has 24 heavy (non-hydrogen) atoms. The number of nitrogens with one attached hydrogen (secondary N) is 1. The van der Waals surface area contributed by atoms with Gasteiger partial charge in [-0.2, -0.15) is 0 Å². The summed E-state index contributed by atoms with van der Waals surface area (Å²) in [6.07, 6.45) is 1.98. The van der Waals surface area contributed by atoms with Gasteiger partial charge >= 0.3 is 0 Å². The first-order valence-electron chi connectivity index (χ1n) is 8.60. The van der Waals surface area contributed by atoms with Crippen LogP contribution in [0.4, 0.5) is 5.69 Å². The first kappa shape index (κ1) is 16.9. The lowest BCUT2D eigenvalue weighted by Gasteiger charge is -2.37. The van der Waals surface area contributed by atoms with Gasteiger partial charge in [-0.1, -0.05) is 18.2 Å². The standard InChI is InChI=1S/C18H25N3O3/c1-20(17(22)12-14-13-24-11-9-19-14)16-8-5-10-21(18(16)23)15-6-3-2-4-7-15/h2-4,6-7,14,16,19H,5,8-13H2,1H3. The number of para-hydroxylation sites is 1. The molecular formula is C18H25N3O3. The molecule has 130 valence electrons. The minimum absolute atomic E-state index is 0.00809. The Kier molecular flexibility index (Phi) is 5.48. The molecule has 2 saturated heterocycles. The lowest BCUT2D eigenvalue weighted by molar-refractivity contribution is -0.139. The van der Waals surface area contributed by atoms with Crippen molar-refractivity contribution in [3.8, 4) is 0 Å². The summed E-state index contributed by atoms with van der Waals surface area (Å²) in [5, 5.41) is 3.29. The maximum Gasteiger partial charge on any atom is 0.249 e. The Labute approximate surface area is 142 Å². The Morgan fingerprint density at radius 1 is 1.38 bits per heavy atom. The molecule has 1 aromatic rings. The van der Waals surface area contributed by atoms with Gasteiger partial charge in [0.2, 0.25) is 11.8 Å². The first-order chi connectivity index (χ1) is 11.7. The fourth-order valence-corrected chi connectivity index (χ4v) is 3.36. The van der Waals surface area contributed by atoms with Crippen LogP contribution in [-0.2, 0) is 14.3 Å². The van der Waals surface area contributed by atoms with Crippen molar-refractivity contribution in [2.24, 2.45) is 0 Å². The van der Waals surface area contributed by atoms with Crippen LogP contribution in [0.2, 0.25) is 0 Å². The predicted octanol–water partition coefficient (Wildman–Crippen LogP) is 1.02. The van der Waals surface area contributed by atoms with Crippen LogP contribution in [-0.4, -0.2) is 62.1 Å². The summed E-state index contributed by atoms with van der Waals surface area (Å²) in [7, 11) is 1.74. The van der Waals surface area contributed by atoms with Crippen LogP contribution in [0, 0.1) is 0 Å². The number of morpholine rings is 1. The molecule has 2 unspecified atom stereocenters. The van der Waals surface area contributed by atoms with Crippen LogP contribution in [0.15, 0.2) is 30.3 Å². The fourth-order valence-electron chi connectivity index (χ4n) is 3.36. The van der Waals surface area contributed by atoms with Crippen LogP contribution in [0.25, 0.3) is 0 Å². The topological polar surface area (TPSA) is 61.9 Å². The molecule has 2 atom stereocenters. The zero-order valence-electron chi connectivity index (χ0n) is 14.1. The molecule has 1 N–H and O–H groups in total. The van der Waals surface area contributed by atoms with Crippen molar-refractivity contribution in [3.63, 3.8) is 0 Å². The first-order valence-corrected chi connectivity index (χ1v) is 8.60. The number of anilines is 1. The number of carbonyl (C=O) groups excluding carboxylic acids is 2. The molecule has 2 aliphatic rings. The molecule has 0 bridgehead atoms. The summed E-state index contributed by atoms with van der Waals surface area (Å²) in [5.74, 6) is 0.00224. The molecule has 6 nitrogen and oxygen atoms in total. The number of likely N-dealkylation sites (N-methyl/N-ethyl adjacent to an activating group) is 1. The van der Waals surface area contributed by atoms with Crippen molar-refractivity contribution >= 4 is 17.5 Å². The van der Waals surface area contributed by atoms with E-state index in [4.69, 9.17) is 4.74 Å². The molecule has 0 radical (unpaired) electrons. The number of hydrogen-bond donors (Lipinski definition) is 1. The molecule has 2 amide bonds. The number of piperidine rings is 1. The molecule has 0 spiro atoms. The second-order valence-corrected chi connectivity index (χ2v) is 6.42. The minimum atomic E-state index is -0.379. The molecule has 2 heterocycles. The van der Waals surface area contributed by atoms with E-state index >= 15 is 0 Å². The molecule has 2 fully saturated rings. The van der Waals surface area contributed by atoms with Crippen LogP contribution in [0.5, 0.6) is 0 Å². The maximum atomic E-state index is 12.9. The van der Waals surface area contributed by atoms with E-state index in [1.165, 1.54) is 0 Å². The molecule has 0 aliphatic carbocycles. The number of amides is 2. The third kappa shape index (κ3) is 3.76. The third-order valence-electron chi connectivity index (χ3n) is 4.76. The molecule has 0 saturated carbocycles. The van der Waals surface area contributed by atoms with Gasteiger partial charge in [-0.05, 0) is 25.0 Å². The summed E-state index contributed by atoms with van der Waals surface area (Å²) in [6, 6.07) is 9.32. The number of carbonyl (C=O) groups is 2. The molecule has 2 aliphatic heterocycles. The third-order valence-corrected chi connectivity index (χ3v) is 4.76. The molecule has 6 heteroatoms. The van der Waals surface area contributed by atoms with E-state index in [-0.39, 0.29) is 23.9 Å². The Hall–Kier alpha value is -1.92. The van der Waals surface area contributed by atoms with Crippen molar-refractivity contribution in [1.82, 2.24) is 10.2 Å². The Morgan fingerprint density at radius 2 is 2.17 bits per heavy atom. The molecule has 3 rings (SSSR count). The fraction of sp³-hybridized carbons (Fsp3) is 0.556. The van der Waals surface area contributed by atoms with Gasteiger partial charge in [-0.3, -0.25) is 9.59 Å². The van der Waals surface area contributed by atoms with Crippen molar-refractivity contribution in [2.45, 2.75) is 31.3 Å². The summed E-state index contributed by atoms with van der Waals surface area (Å²) in [6.45, 7) is 2.72. The van der Waals surface area contributed by atoms with E-state index in [2.05, 4.69) is 5.32 Å². The zero-order chi connectivity index (χ0) is 16.9. The van der Waals surface area contributed by atoms with Gasteiger partial charge < -0.3 is 19.9 Å². The summed E-state index contributed by atoms with van der Waals surface area (Å²) < 4.78 is 5.40. The average molecular weight is 331 g/mol. The highest BCUT2D eigenvalue weighted by Crippen LogP contribution is 2.23. The lowest BCUT2D eigenvalue weighted by atomic mass is 10.0. The van der Waals surface area contributed by atoms with Crippen molar-refractivity contribution in [2.75, 3.05) is 38.3 Å². The van der Waals surface area contributed by atoms with Crippen molar-refractivity contribution in [1.29, 1.82) is 0 Å². The van der Waals surface area contributed by atoms with Gasteiger partial charge in [0.05, 0.1) is 13.2 Å². The van der Waals surface area contributed by atoms with Gasteiger partial charge in [-0.15, -0.1) is 0 Å². The zero-order valence-corrected chi connectivity index (χ0v) is 14.1. The Balaban J connectivity index is 1.64. The highest BCUT2D eigenvalue weighted by molar-refractivity contribution is 5.99.